The highest BCUT2D eigenvalue weighted by Gasteiger charge is 2.13. The molecule has 0 bridgehead atoms. The number of hydrogen-bond acceptors (Lipinski definition) is 4. The van der Waals surface area contributed by atoms with E-state index in [1.54, 1.807) is 30.3 Å². The zero-order chi connectivity index (χ0) is 19.9. The zero-order valence-corrected chi connectivity index (χ0v) is 15.3. The molecule has 138 valence electrons. The van der Waals surface area contributed by atoms with Gasteiger partial charge in [-0.2, -0.15) is 5.26 Å². The lowest BCUT2D eigenvalue weighted by atomic mass is 10.1. The third kappa shape index (κ3) is 4.59. The van der Waals surface area contributed by atoms with Crippen LogP contribution in [0.2, 0.25) is 0 Å². The normalized spacial score (nSPS) is 10.0. The van der Waals surface area contributed by atoms with Gasteiger partial charge in [-0.1, -0.05) is 42.0 Å². The number of anilines is 1. The van der Waals surface area contributed by atoms with Gasteiger partial charge in [0, 0.05) is 18.3 Å². The average Bonchev–Trinajstić information content (AvgIpc) is 2.72. The third-order valence-electron chi connectivity index (χ3n) is 4.09. The minimum Gasteiger partial charge on any atom is -0.348 e. The molecule has 3 rings (SSSR count). The number of nitrogens with one attached hydrogen (secondary N) is 2. The summed E-state index contributed by atoms with van der Waals surface area (Å²) in [6.45, 7) is 2.38. The molecule has 0 aliphatic rings. The van der Waals surface area contributed by atoms with Crippen LogP contribution >= 0.6 is 0 Å². The molecule has 0 saturated carbocycles. The summed E-state index contributed by atoms with van der Waals surface area (Å²) >= 11 is 0. The Kier molecular flexibility index (Phi) is 5.78. The van der Waals surface area contributed by atoms with Gasteiger partial charge in [0.2, 0.25) is 0 Å². The summed E-state index contributed by atoms with van der Waals surface area (Å²) in [5.41, 5.74) is 3.28. The second-order valence-corrected chi connectivity index (χ2v) is 6.21. The Morgan fingerprint density at radius 3 is 2.64 bits per heavy atom. The molecule has 1 heterocycles. The summed E-state index contributed by atoms with van der Waals surface area (Å²) in [5.74, 6) is -0.786. The number of carbonyl (C=O) groups excluding carboxylic acids is 2. The van der Waals surface area contributed by atoms with E-state index in [4.69, 9.17) is 5.26 Å². The van der Waals surface area contributed by atoms with Crippen LogP contribution in [0.3, 0.4) is 0 Å². The third-order valence-corrected chi connectivity index (χ3v) is 4.09. The van der Waals surface area contributed by atoms with Crippen LogP contribution in [-0.2, 0) is 6.54 Å². The Bertz CT molecular complexity index is 1070. The van der Waals surface area contributed by atoms with E-state index < -0.39 is 5.91 Å². The van der Waals surface area contributed by atoms with Crippen molar-refractivity contribution >= 4 is 17.5 Å². The van der Waals surface area contributed by atoms with E-state index in [1.807, 2.05) is 37.3 Å². The molecule has 0 atom stereocenters. The van der Waals surface area contributed by atoms with Gasteiger partial charge >= 0.3 is 0 Å². The molecular formula is C22H18N4O2. The summed E-state index contributed by atoms with van der Waals surface area (Å²) in [5, 5.41) is 14.6. The van der Waals surface area contributed by atoms with E-state index in [9.17, 15) is 9.59 Å². The Labute approximate surface area is 162 Å². The molecule has 3 aromatic rings. The highest BCUT2D eigenvalue weighted by atomic mass is 16.2. The fraction of sp³-hybridized carbons (Fsp3) is 0.0909. The van der Waals surface area contributed by atoms with Gasteiger partial charge in [-0.3, -0.25) is 14.6 Å². The van der Waals surface area contributed by atoms with Crippen LogP contribution < -0.4 is 10.6 Å². The minimum absolute atomic E-state index is 0.0935. The highest BCUT2D eigenvalue weighted by molar-refractivity contribution is 6.05. The van der Waals surface area contributed by atoms with Gasteiger partial charge in [0.25, 0.3) is 11.8 Å². The van der Waals surface area contributed by atoms with Gasteiger partial charge in [-0.15, -0.1) is 0 Å². The number of nitrogens with zero attached hydrogens (tertiary/aromatic N) is 2. The number of hydrogen-bond donors (Lipinski definition) is 2. The first kappa shape index (κ1) is 18.8. The highest BCUT2D eigenvalue weighted by Crippen LogP contribution is 2.15. The zero-order valence-electron chi connectivity index (χ0n) is 15.3. The topological polar surface area (TPSA) is 94.9 Å². The summed E-state index contributed by atoms with van der Waals surface area (Å²) in [4.78, 5) is 28.9. The predicted molar refractivity (Wildman–Crippen MR) is 106 cm³/mol. The van der Waals surface area contributed by atoms with Crippen LogP contribution in [0.15, 0.2) is 66.9 Å². The van der Waals surface area contributed by atoms with Crippen molar-refractivity contribution in [1.82, 2.24) is 10.3 Å². The number of benzene rings is 2. The van der Waals surface area contributed by atoms with Gasteiger partial charge in [-0.05, 0) is 36.8 Å². The number of para-hydroxylation sites is 1. The number of nitriles is 1. The molecule has 0 aliphatic carbocycles. The molecule has 1 aromatic heterocycles. The number of rotatable bonds is 5. The minimum atomic E-state index is -0.490. The first-order chi connectivity index (χ1) is 13.6. The van der Waals surface area contributed by atoms with Gasteiger partial charge in [0.1, 0.15) is 11.8 Å². The van der Waals surface area contributed by atoms with Crippen molar-refractivity contribution in [3.8, 4) is 6.07 Å². The molecule has 2 aromatic carbocycles. The van der Waals surface area contributed by atoms with Crippen molar-refractivity contribution in [2.24, 2.45) is 0 Å². The largest absolute Gasteiger partial charge is 0.348 e. The number of pyridine rings is 1. The van der Waals surface area contributed by atoms with Gasteiger partial charge in [0.05, 0.1) is 11.3 Å². The van der Waals surface area contributed by atoms with Crippen molar-refractivity contribution in [2.75, 3.05) is 5.32 Å². The lowest BCUT2D eigenvalue weighted by molar-refractivity contribution is 0.0950. The Balaban J connectivity index is 1.70. The fourth-order valence-corrected chi connectivity index (χ4v) is 2.68. The van der Waals surface area contributed by atoms with E-state index in [0.29, 0.717) is 23.4 Å². The Morgan fingerprint density at radius 2 is 1.86 bits per heavy atom. The lowest BCUT2D eigenvalue weighted by Gasteiger charge is -2.09. The van der Waals surface area contributed by atoms with Crippen LogP contribution in [-0.4, -0.2) is 16.8 Å². The van der Waals surface area contributed by atoms with E-state index in [0.717, 1.165) is 11.1 Å². The monoisotopic (exact) mass is 370 g/mol. The van der Waals surface area contributed by atoms with E-state index >= 15 is 0 Å². The van der Waals surface area contributed by atoms with Crippen molar-refractivity contribution in [2.45, 2.75) is 13.5 Å². The van der Waals surface area contributed by atoms with Crippen molar-refractivity contribution in [3.05, 3.63) is 94.8 Å². The predicted octanol–water partition coefficient (Wildman–Crippen LogP) is 3.44. The van der Waals surface area contributed by atoms with Gasteiger partial charge in [-0.25, -0.2) is 0 Å². The van der Waals surface area contributed by atoms with Crippen molar-refractivity contribution in [1.29, 1.82) is 5.26 Å². The molecule has 28 heavy (non-hydrogen) atoms. The lowest BCUT2D eigenvalue weighted by Crippen LogP contribution is -2.23. The summed E-state index contributed by atoms with van der Waals surface area (Å²) in [7, 11) is 0. The molecule has 2 amide bonds. The molecule has 6 nitrogen and oxygen atoms in total. The van der Waals surface area contributed by atoms with E-state index in [-0.39, 0.29) is 11.6 Å². The van der Waals surface area contributed by atoms with Crippen LogP contribution in [0.25, 0.3) is 0 Å². The Hall–Kier alpha value is -3.98. The second kappa shape index (κ2) is 8.60. The van der Waals surface area contributed by atoms with Gasteiger partial charge in [0.15, 0.2) is 0 Å². The molecule has 0 fully saturated rings. The van der Waals surface area contributed by atoms with E-state index in [2.05, 4.69) is 15.6 Å². The van der Waals surface area contributed by atoms with Crippen molar-refractivity contribution in [3.63, 3.8) is 0 Å². The molecule has 0 unspecified atom stereocenters. The van der Waals surface area contributed by atoms with Crippen LogP contribution in [0.4, 0.5) is 5.69 Å². The number of carbonyl (C=O) groups is 2. The molecule has 0 spiro atoms. The maximum atomic E-state index is 12.5. The SMILES string of the molecule is Cc1cccc(CNC(=O)c2ccnc(C(=O)Nc3ccccc3C#N)c2)c1. The molecule has 0 aliphatic heterocycles. The molecule has 6 heteroatoms. The maximum absolute atomic E-state index is 12.5. The first-order valence-corrected chi connectivity index (χ1v) is 8.67. The number of amides is 2. The number of aryl methyl sites for hydroxylation is 1. The summed E-state index contributed by atoms with van der Waals surface area (Å²) in [6.07, 6.45) is 1.41. The fourth-order valence-electron chi connectivity index (χ4n) is 2.68. The standard InChI is InChI=1S/C22H18N4O2/c1-15-5-4-6-16(11-15)14-25-21(27)17-9-10-24-20(12-17)22(28)26-19-8-3-2-7-18(19)13-23/h2-12H,14H2,1H3,(H,25,27)(H,26,28). The van der Waals surface area contributed by atoms with Gasteiger partial charge < -0.3 is 10.6 Å². The maximum Gasteiger partial charge on any atom is 0.274 e. The smallest absolute Gasteiger partial charge is 0.274 e. The van der Waals surface area contributed by atoms with Crippen molar-refractivity contribution < 1.29 is 9.59 Å². The van der Waals surface area contributed by atoms with Crippen LogP contribution in [0, 0.1) is 18.3 Å². The first-order valence-electron chi connectivity index (χ1n) is 8.67. The Morgan fingerprint density at radius 1 is 1.04 bits per heavy atom. The molecule has 0 saturated heterocycles. The quantitative estimate of drug-likeness (QED) is 0.719. The second-order valence-electron chi connectivity index (χ2n) is 6.21. The summed E-state index contributed by atoms with van der Waals surface area (Å²) < 4.78 is 0. The van der Waals surface area contributed by atoms with Crippen LogP contribution in [0.5, 0.6) is 0 Å². The van der Waals surface area contributed by atoms with E-state index in [1.165, 1.54) is 12.3 Å². The summed E-state index contributed by atoms with van der Waals surface area (Å²) in [6, 6.07) is 19.5. The molecule has 2 N–H and O–H groups in total. The molecular weight excluding hydrogens is 352 g/mol. The molecule has 0 radical (unpaired) electrons. The number of aromatic nitrogens is 1. The van der Waals surface area contributed by atoms with Crippen LogP contribution in [0.1, 0.15) is 37.5 Å². The average molecular weight is 370 g/mol.